The molecule has 11 nitrogen and oxygen atoms in total. The van der Waals surface area contributed by atoms with Gasteiger partial charge in [0.1, 0.15) is 11.2 Å². The van der Waals surface area contributed by atoms with E-state index in [9.17, 15) is 14.4 Å². The third-order valence-corrected chi connectivity index (χ3v) is 7.26. The van der Waals surface area contributed by atoms with E-state index in [2.05, 4.69) is 15.3 Å². The highest BCUT2D eigenvalue weighted by atomic mass is 32.1. The van der Waals surface area contributed by atoms with Crippen molar-refractivity contribution in [3.8, 4) is 0 Å². The number of anilines is 2. The number of carbonyl (C=O) groups is 3. The lowest BCUT2D eigenvalue weighted by molar-refractivity contribution is -0.114. The Balaban J connectivity index is 0.000000395. The van der Waals surface area contributed by atoms with Crippen LogP contribution in [0.2, 0.25) is 0 Å². The molecule has 0 aromatic carbocycles. The normalized spacial score (nSPS) is 18.4. The number of nitrogens with zero attached hydrogens (tertiary/aromatic N) is 4. The van der Waals surface area contributed by atoms with Gasteiger partial charge in [0.25, 0.3) is 0 Å². The fourth-order valence-electron chi connectivity index (χ4n) is 4.33. The quantitative estimate of drug-likeness (QED) is 0.370. The zero-order valence-electron chi connectivity index (χ0n) is 23.8. The van der Waals surface area contributed by atoms with Crippen molar-refractivity contribution in [2.45, 2.75) is 112 Å². The monoisotopic (exact) mass is 612 g/mol. The molecule has 3 N–H and O–H groups in total. The van der Waals surface area contributed by atoms with Crippen LogP contribution in [0, 0.1) is 0 Å². The number of rotatable bonds is 3. The third kappa shape index (κ3) is 10.8. The summed E-state index contributed by atoms with van der Waals surface area (Å²) >= 11 is 2.78. The second kappa shape index (κ2) is 14.8. The van der Waals surface area contributed by atoms with Crippen molar-refractivity contribution in [2.24, 2.45) is 0 Å². The number of amides is 3. The van der Waals surface area contributed by atoms with E-state index in [1.165, 1.54) is 29.6 Å². The molecule has 4 rings (SSSR count). The first-order chi connectivity index (χ1) is 18.1. The smallest absolute Gasteiger partial charge is 0.410 e. The summed E-state index contributed by atoms with van der Waals surface area (Å²) in [4.78, 5) is 47.5. The minimum Gasteiger partial charge on any atom is -0.444 e. The van der Waals surface area contributed by atoms with Gasteiger partial charge in [-0.05, 0) is 67.2 Å². The number of hydrogen-bond acceptors (Lipinski definition) is 10. The SMILES string of the molecule is C.C.CC(=O)Nc1nc([C@H]2CCCN2C(=O)OC(C)(C)C)cs1.CC(C)(C)OC(=O)N1CCC[C@@H]1c1csc(N)n1. The van der Waals surface area contributed by atoms with Gasteiger partial charge >= 0.3 is 12.2 Å². The van der Waals surface area contributed by atoms with Crippen LogP contribution in [0.1, 0.15) is 112 Å². The molecule has 232 valence electrons. The molecule has 0 aliphatic carbocycles. The fourth-order valence-corrected chi connectivity index (χ4v) is 5.74. The van der Waals surface area contributed by atoms with Crippen LogP contribution in [0.5, 0.6) is 0 Å². The Morgan fingerprint density at radius 2 is 1.29 bits per heavy atom. The highest BCUT2D eigenvalue weighted by Crippen LogP contribution is 2.35. The van der Waals surface area contributed by atoms with Crippen molar-refractivity contribution < 1.29 is 23.9 Å². The maximum Gasteiger partial charge on any atom is 0.410 e. The maximum absolute atomic E-state index is 12.2. The van der Waals surface area contributed by atoms with Gasteiger partial charge in [0.15, 0.2) is 10.3 Å². The molecule has 2 aliphatic heterocycles. The van der Waals surface area contributed by atoms with E-state index < -0.39 is 11.2 Å². The van der Waals surface area contributed by atoms with E-state index in [4.69, 9.17) is 15.2 Å². The van der Waals surface area contributed by atoms with E-state index in [0.717, 1.165) is 43.6 Å². The first-order valence-electron chi connectivity index (χ1n) is 13.1. The molecule has 13 heteroatoms. The summed E-state index contributed by atoms with van der Waals surface area (Å²) in [6.07, 6.45) is 3.11. The maximum atomic E-state index is 12.2. The van der Waals surface area contributed by atoms with Crippen LogP contribution in [0.25, 0.3) is 0 Å². The van der Waals surface area contributed by atoms with Crippen LogP contribution in [-0.4, -0.2) is 62.2 Å². The average molecular weight is 613 g/mol. The molecule has 41 heavy (non-hydrogen) atoms. The number of nitrogens with one attached hydrogen (secondary N) is 1. The standard InChI is InChI=1S/C14H21N3O3S.C12H19N3O2S.2CH4/c1-9(18)15-12-16-10(8-21-12)11-6-5-7-17(11)13(19)20-14(2,3)4;1-12(2,3)17-11(16)15-6-4-5-9(15)8-7-18-10(13)14-8;;/h8,11H,5-7H2,1-4H3,(H,15,16,18);7,9H,4-6H2,1-3H3,(H2,13,14);2*1H4/t11-;9-;;/m11../s1. The van der Waals surface area contributed by atoms with Crippen molar-refractivity contribution in [3.05, 3.63) is 22.1 Å². The van der Waals surface area contributed by atoms with E-state index in [1.54, 1.807) is 9.80 Å². The fraction of sp³-hybridized carbons (Fsp3) is 0.679. The number of likely N-dealkylation sites (tertiary alicyclic amines) is 2. The summed E-state index contributed by atoms with van der Waals surface area (Å²) in [7, 11) is 0. The number of ether oxygens (including phenoxy) is 2. The van der Waals surface area contributed by atoms with Gasteiger partial charge < -0.3 is 20.5 Å². The summed E-state index contributed by atoms with van der Waals surface area (Å²) in [5, 5.41) is 7.58. The Morgan fingerprint density at radius 3 is 1.68 bits per heavy atom. The minimum atomic E-state index is -0.506. The molecule has 2 aromatic rings. The third-order valence-electron chi connectivity index (χ3n) is 5.79. The zero-order valence-corrected chi connectivity index (χ0v) is 25.4. The van der Waals surface area contributed by atoms with Crippen molar-refractivity contribution in [3.63, 3.8) is 0 Å². The molecule has 2 aromatic heterocycles. The predicted molar refractivity (Wildman–Crippen MR) is 166 cm³/mol. The van der Waals surface area contributed by atoms with Crippen LogP contribution in [0.3, 0.4) is 0 Å². The molecular weight excluding hydrogens is 564 g/mol. The van der Waals surface area contributed by atoms with Crippen LogP contribution in [0.4, 0.5) is 19.9 Å². The van der Waals surface area contributed by atoms with Crippen LogP contribution < -0.4 is 11.1 Å². The van der Waals surface area contributed by atoms with E-state index in [1.807, 2.05) is 52.3 Å². The number of aromatic nitrogens is 2. The summed E-state index contributed by atoms with van der Waals surface area (Å²) in [6.45, 7) is 14.0. The summed E-state index contributed by atoms with van der Waals surface area (Å²) in [6, 6.07) is -0.0630. The number of thiazole rings is 2. The Labute approximate surface area is 252 Å². The Morgan fingerprint density at radius 1 is 0.854 bits per heavy atom. The van der Waals surface area contributed by atoms with Gasteiger partial charge in [-0.1, -0.05) is 14.9 Å². The zero-order chi connectivity index (χ0) is 29.0. The molecule has 2 saturated heterocycles. The van der Waals surface area contributed by atoms with Gasteiger partial charge in [-0.25, -0.2) is 19.6 Å². The van der Waals surface area contributed by atoms with E-state index in [-0.39, 0.29) is 45.0 Å². The first-order valence-corrected chi connectivity index (χ1v) is 14.8. The molecule has 0 bridgehead atoms. The first kappa shape index (κ1) is 36.1. The van der Waals surface area contributed by atoms with E-state index >= 15 is 0 Å². The summed E-state index contributed by atoms with van der Waals surface area (Å²) < 4.78 is 10.8. The van der Waals surface area contributed by atoms with Gasteiger partial charge in [0, 0.05) is 30.8 Å². The topological polar surface area (TPSA) is 140 Å². The highest BCUT2D eigenvalue weighted by molar-refractivity contribution is 7.14. The van der Waals surface area contributed by atoms with Gasteiger partial charge in [-0.15, -0.1) is 22.7 Å². The van der Waals surface area contributed by atoms with Crippen molar-refractivity contribution in [1.29, 1.82) is 0 Å². The minimum absolute atomic E-state index is 0. The van der Waals surface area contributed by atoms with Gasteiger partial charge in [0.2, 0.25) is 5.91 Å². The summed E-state index contributed by atoms with van der Waals surface area (Å²) in [5.41, 5.74) is 6.36. The van der Waals surface area contributed by atoms with Crippen LogP contribution in [-0.2, 0) is 14.3 Å². The Kier molecular flexibility index (Phi) is 13.0. The van der Waals surface area contributed by atoms with Gasteiger partial charge in [-0.3, -0.25) is 14.6 Å². The number of carbonyl (C=O) groups excluding carboxylic acids is 3. The molecular formula is C28H48N6O5S2. The number of nitrogen functional groups attached to an aromatic ring is 1. The molecule has 2 fully saturated rings. The number of nitrogens with two attached hydrogens (primary N) is 1. The lowest BCUT2D eigenvalue weighted by Crippen LogP contribution is -2.36. The largest absolute Gasteiger partial charge is 0.444 e. The molecule has 4 heterocycles. The predicted octanol–water partition coefficient (Wildman–Crippen LogP) is 7.24. The van der Waals surface area contributed by atoms with Crippen molar-refractivity contribution in [1.82, 2.24) is 19.8 Å². The molecule has 0 spiro atoms. The number of hydrogen-bond donors (Lipinski definition) is 2. The van der Waals surface area contributed by atoms with Crippen LogP contribution >= 0.6 is 22.7 Å². The molecule has 0 saturated carbocycles. The molecule has 2 aliphatic rings. The Hall–Kier alpha value is -2.93. The lowest BCUT2D eigenvalue weighted by atomic mass is 10.2. The van der Waals surface area contributed by atoms with Gasteiger partial charge in [-0.2, -0.15) is 0 Å². The highest BCUT2D eigenvalue weighted by Gasteiger charge is 2.35. The average Bonchev–Trinajstić information content (AvgIpc) is 3.57. The lowest BCUT2D eigenvalue weighted by Gasteiger charge is -2.27. The molecule has 3 amide bonds. The van der Waals surface area contributed by atoms with Crippen molar-refractivity contribution in [2.75, 3.05) is 24.1 Å². The second-order valence-corrected chi connectivity index (χ2v) is 13.3. The molecule has 0 radical (unpaired) electrons. The second-order valence-electron chi connectivity index (χ2n) is 11.5. The molecule has 2 atom stereocenters. The van der Waals surface area contributed by atoms with Crippen LogP contribution in [0.15, 0.2) is 10.8 Å². The van der Waals surface area contributed by atoms with E-state index in [0.29, 0.717) is 16.8 Å². The summed E-state index contributed by atoms with van der Waals surface area (Å²) in [5.74, 6) is -0.147. The molecule has 0 unspecified atom stereocenters. The Bertz CT molecular complexity index is 1150. The van der Waals surface area contributed by atoms with Crippen molar-refractivity contribution >= 4 is 51.0 Å². The van der Waals surface area contributed by atoms with Gasteiger partial charge in [0.05, 0.1) is 23.5 Å².